The molecule has 0 aliphatic carbocycles. The number of carbonyl (C=O) groups is 1. The fourth-order valence-electron chi connectivity index (χ4n) is 3.68. The molecule has 2 rings (SSSR count). The highest BCUT2D eigenvalue weighted by Crippen LogP contribution is 2.33. The summed E-state index contributed by atoms with van der Waals surface area (Å²) in [7, 11) is 0. The first-order valence-corrected chi connectivity index (χ1v) is 7.91. The van der Waals surface area contributed by atoms with E-state index in [0.29, 0.717) is 11.9 Å². The number of amides is 1. The molecular weight excluding hydrogens is 238 g/mol. The third-order valence-corrected chi connectivity index (χ3v) is 5.15. The van der Waals surface area contributed by atoms with Crippen molar-refractivity contribution in [3.05, 3.63) is 0 Å². The number of likely N-dealkylation sites (tertiary alicyclic amines) is 1. The van der Waals surface area contributed by atoms with E-state index in [9.17, 15) is 4.79 Å². The van der Waals surface area contributed by atoms with Crippen LogP contribution in [0.1, 0.15) is 40.0 Å². The Morgan fingerprint density at radius 3 is 2.63 bits per heavy atom. The van der Waals surface area contributed by atoms with Gasteiger partial charge in [0.05, 0.1) is 5.41 Å². The molecule has 2 heterocycles. The molecule has 0 saturated carbocycles. The van der Waals surface area contributed by atoms with Crippen molar-refractivity contribution >= 4 is 5.91 Å². The minimum atomic E-state index is -0.113. The molecule has 2 aliphatic rings. The Morgan fingerprint density at radius 1 is 1.37 bits per heavy atom. The van der Waals surface area contributed by atoms with Gasteiger partial charge < -0.3 is 10.2 Å². The van der Waals surface area contributed by atoms with Gasteiger partial charge in [-0.3, -0.25) is 9.69 Å². The van der Waals surface area contributed by atoms with Gasteiger partial charge in [-0.1, -0.05) is 20.8 Å². The van der Waals surface area contributed by atoms with Gasteiger partial charge in [0, 0.05) is 25.7 Å². The van der Waals surface area contributed by atoms with Crippen LogP contribution in [0, 0.1) is 5.41 Å². The van der Waals surface area contributed by atoms with Crippen molar-refractivity contribution in [2.24, 2.45) is 5.41 Å². The second-order valence-electron chi connectivity index (χ2n) is 5.98. The first kappa shape index (κ1) is 14.8. The molecule has 0 bridgehead atoms. The minimum absolute atomic E-state index is 0.113. The molecule has 2 unspecified atom stereocenters. The number of likely N-dealkylation sites (N-methyl/N-ethyl adjacent to an activating group) is 1. The number of carbonyl (C=O) groups excluding carboxylic acids is 1. The maximum absolute atomic E-state index is 12.8. The number of hydrogen-bond acceptors (Lipinski definition) is 3. The molecule has 0 aromatic heterocycles. The van der Waals surface area contributed by atoms with E-state index in [0.717, 1.165) is 58.5 Å². The summed E-state index contributed by atoms with van der Waals surface area (Å²) in [6.07, 6.45) is 3.11. The quantitative estimate of drug-likeness (QED) is 0.816. The van der Waals surface area contributed by atoms with Gasteiger partial charge in [-0.25, -0.2) is 0 Å². The Hall–Kier alpha value is -0.610. The smallest absolute Gasteiger partial charge is 0.230 e. The van der Waals surface area contributed by atoms with E-state index >= 15 is 0 Å². The molecular formula is C15H29N3O. The summed E-state index contributed by atoms with van der Waals surface area (Å²) in [4.78, 5) is 17.4. The predicted molar refractivity (Wildman–Crippen MR) is 78.1 cm³/mol. The molecule has 2 aliphatic heterocycles. The lowest BCUT2D eigenvalue weighted by molar-refractivity contribution is -0.140. The van der Waals surface area contributed by atoms with Crippen molar-refractivity contribution in [2.75, 3.05) is 39.3 Å². The van der Waals surface area contributed by atoms with Crippen molar-refractivity contribution in [1.82, 2.24) is 15.1 Å². The fourth-order valence-corrected chi connectivity index (χ4v) is 3.68. The topological polar surface area (TPSA) is 35.6 Å². The molecule has 2 fully saturated rings. The van der Waals surface area contributed by atoms with Crippen LogP contribution >= 0.6 is 0 Å². The van der Waals surface area contributed by atoms with Crippen LogP contribution in [-0.4, -0.2) is 61.0 Å². The Labute approximate surface area is 117 Å². The van der Waals surface area contributed by atoms with Crippen LogP contribution in [0.2, 0.25) is 0 Å². The number of hydrogen-bond donors (Lipinski definition) is 1. The fraction of sp³-hybridized carbons (Fsp3) is 0.933. The van der Waals surface area contributed by atoms with Gasteiger partial charge in [0.25, 0.3) is 0 Å². The molecule has 0 spiro atoms. The maximum atomic E-state index is 12.8. The van der Waals surface area contributed by atoms with Gasteiger partial charge in [-0.05, 0) is 38.9 Å². The van der Waals surface area contributed by atoms with Crippen LogP contribution in [-0.2, 0) is 4.79 Å². The second kappa shape index (κ2) is 6.23. The highest BCUT2D eigenvalue weighted by molar-refractivity contribution is 5.83. The lowest BCUT2D eigenvalue weighted by Crippen LogP contribution is -2.45. The predicted octanol–water partition coefficient (Wildman–Crippen LogP) is 1.32. The highest BCUT2D eigenvalue weighted by atomic mass is 16.2. The molecule has 19 heavy (non-hydrogen) atoms. The van der Waals surface area contributed by atoms with Gasteiger partial charge in [0.2, 0.25) is 5.91 Å². The normalized spacial score (nSPS) is 31.4. The zero-order valence-electron chi connectivity index (χ0n) is 12.7. The molecule has 1 amide bonds. The number of nitrogens with zero attached hydrogens (tertiary/aromatic N) is 2. The summed E-state index contributed by atoms with van der Waals surface area (Å²) in [5.41, 5.74) is -0.113. The van der Waals surface area contributed by atoms with E-state index in [1.165, 1.54) is 0 Å². The van der Waals surface area contributed by atoms with Crippen molar-refractivity contribution in [1.29, 1.82) is 0 Å². The minimum Gasteiger partial charge on any atom is -0.341 e. The molecule has 4 nitrogen and oxygen atoms in total. The van der Waals surface area contributed by atoms with Crippen LogP contribution in [0.3, 0.4) is 0 Å². The van der Waals surface area contributed by atoms with Gasteiger partial charge in [-0.2, -0.15) is 0 Å². The first-order valence-electron chi connectivity index (χ1n) is 7.91. The van der Waals surface area contributed by atoms with E-state index in [-0.39, 0.29) is 5.41 Å². The SMILES string of the molecule is CCN(CC)C1CCN(C(=O)C2(CC)CCNC2)C1. The molecule has 4 heteroatoms. The maximum Gasteiger partial charge on any atom is 0.230 e. The summed E-state index contributed by atoms with van der Waals surface area (Å²) in [5.74, 6) is 0.398. The van der Waals surface area contributed by atoms with E-state index < -0.39 is 0 Å². The molecule has 1 N–H and O–H groups in total. The zero-order valence-corrected chi connectivity index (χ0v) is 12.7. The van der Waals surface area contributed by atoms with Crippen molar-refractivity contribution in [2.45, 2.75) is 46.1 Å². The van der Waals surface area contributed by atoms with Crippen LogP contribution in [0.4, 0.5) is 0 Å². The second-order valence-corrected chi connectivity index (χ2v) is 5.98. The van der Waals surface area contributed by atoms with Gasteiger partial charge >= 0.3 is 0 Å². The lowest BCUT2D eigenvalue weighted by Gasteiger charge is -2.32. The van der Waals surface area contributed by atoms with E-state index in [1.807, 2.05) is 0 Å². The van der Waals surface area contributed by atoms with E-state index in [4.69, 9.17) is 0 Å². The largest absolute Gasteiger partial charge is 0.341 e. The van der Waals surface area contributed by atoms with Crippen molar-refractivity contribution < 1.29 is 4.79 Å². The van der Waals surface area contributed by atoms with Gasteiger partial charge in [-0.15, -0.1) is 0 Å². The third kappa shape index (κ3) is 2.79. The lowest BCUT2D eigenvalue weighted by atomic mass is 9.83. The molecule has 0 aromatic rings. The average molecular weight is 267 g/mol. The van der Waals surface area contributed by atoms with E-state index in [1.54, 1.807) is 0 Å². The first-order chi connectivity index (χ1) is 9.16. The van der Waals surface area contributed by atoms with Crippen LogP contribution in [0.15, 0.2) is 0 Å². The summed E-state index contributed by atoms with van der Waals surface area (Å²) in [6, 6.07) is 0.571. The molecule has 0 aromatic carbocycles. The van der Waals surface area contributed by atoms with Crippen LogP contribution in [0.25, 0.3) is 0 Å². The third-order valence-electron chi connectivity index (χ3n) is 5.15. The van der Waals surface area contributed by atoms with Gasteiger partial charge in [0.15, 0.2) is 0 Å². The zero-order chi connectivity index (χ0) is 13.9. The Morgan fingerprint density at radius 2 is 2.11 bits per heavy atom. The summed E-state index contributed by atoms with van der Waals surface area (Å²) >= 11 is 0. The van der Waals surface area contributed by atoms with Crippen molar-refractivity contribution in [3.63, 3.8) is 0 Å². The number of rotatable bonds is 5. The highest BCUT2D eigenvalue weighted by Gasteiger charge is 2.44. The Bertz CT molecular complexity index is 309. The monoisotopic (exact) mass is 267 g/mol. The van der Waals surface area contributed by atoms with E-state index in [2.05, 4.69) is 35.9 Å². The molecule has 110 valence electrons. The Kier molecular flexibility index (Phi) is 4.85. The summed E-state index contributed by atoms with van der Waals surface area (Å²) in [6.45, 7) is 12.5. The molecule has 2 atom stereocenters. The summed E-state index contributed by atoms with van der Waals surface area (Å²) in [5, 5.41) is 3.37. The van der Waals surface area contributed by atoms with Crippen LogP contribution in [0.5, 0.6) is 0 Å². The average Bonchev–Trinajstić information content (AvgIpc) is 3.09. The molecule has 0 radical (unpaired) electrons. The van der Waals surface area contributed by atoms with Crippen molar-refractivity contribution in [3.8, 4) is 0 Å². The standard InChI is InChI=1S/C15H29N3O/c1-4-15(8-9-16-12-15)14(19)18-10-7-13(11-18)17(5-2)6-3/h13,16H,4-12H2,1-3H3. The number of nitrogens with one attached hydrogen (secondary N) is 1. The molecule has 2 saturated heterocycles. The summed E-state index contributed by atoms with van der Waals surface area (Å²) < 4.78 is 0. The Balaban J connectivity index is 1.98. The van der Waals surface area contributed by atoms with Gasteiger partial charge in [0.1, 0.15) is 0 Å². The van der Waals surface area contributed by atoms with Crippen LogP contribution < -0.4 is 5.32 Å².